The quantitative estimate of drug-likeness (QED) is 0.181. The van der Waals surface area contributed by atoms with Crippen molar-refractivity contribution in [3.05, 3.63) is 162 Å². The molecule has 0 saturated carbocycles. The molecule has 0 N–H and O–H groups in total. The Morgan fingerprint density at radius 2 is 1.20 bits per heavy atom. The van der Waals surface area contributed by atoms with Gasteiger partial charge in [0.05, 0.1) is 15.7 Å². The van der Waals surface area contributed by atoms with Gasteiger partial charge in [-0.25, -0.2) is 0 Å². The van der Waals surface area contributed by atoms with Crippen LogP contribution in [-0.4, -0.2) is 4.57 Å². The van der Waals surface area contributed by atoms with Gasteiger partial charge >= 0.3 is 0 Å². The minimum Gasteiger partial charge on any atom is -0.308 e. The lowest BCUT2D eigenvalue weighted by molar-refractivity contribution is 0.909. The lowest BCUT2D eigenvalue weighted by atomic mass is 9.83. The number of allylic oxidation sites excluding steroid dienone is 3. The van der Waals surface area contributed by atoms with Gasteiger partial charge in [-0.2, -0.15) is 0 Å². The highest BCUT2D eigenvalue weighted by Gasteiger charge is 2.30. The van der Waals surface area contributed by atoms with E-state index in [0.717, 1.165) is 18.4 Å². The molecule has 1 aliphatic rings. The van der Waals surface area contributed by atoms with Gasteiger partial charge in [0.2, 0.25) is 0 Å². The molecule has 0 radical (unpaired) electrons. The first-order chi connectivity index (χ1) is 22.8. The lowest BCUT2D eigenvalue weighted by Gasteiger charge is -2.27. The minimum atomic E-state index is 0.0646. The van der Waals surface area contributed by atoms with Crippen LogP contribution in [0.25, 0.3) is 68.5 Å². The molecule has 1 atom stereocenters. The summed E-state index contributed by atoms with van der Waals surface area (Å²) in [7, 11) is 0. The Morgan fingerprint density at radius 1 is 0.587 bits per heavy atom. The summed E-state index contributed by atoms with van der Waals surface area (Å²) in [6.45, 7) is 5.00. The Bertz CT molecular complexity index is 2720. The van der Waals surface area contributed by atoms with Crippen molar-refractivity contribution in [2.45, 2.75) is 18.8 Å². The number of thiophene rings is 2. The maximum atomic E-state index is 5.00. The van der Waals surface area contributed by atoms with Crippen molar-refractivity contribution in [3.8, 4) is 0 Å². The summed E-state index contributed by atoms with van der Waals surface area (Å²) < 4.78 is 6.61. The van der Waals surface area contributed by atoms with Crippen molar-refractivity contribution in [1.82, 2.24) is 4.57 Å². The first-order valence-electron chi connectivity index (χ1n) is 16.0. The molecule has 6 aromatic carbocycles. The van der Waals surface area contributed by atoms with Crippen LogP contribution >= 0.6 is 22.7 Å². The summed E-state index contributed by atoms with van der Waals surface area (Å²) in [5.41, 5.74) is 7.69. The van der Waals surface area contributed by atoms with Gasteiger partial charge in [-0.1, -0.05) is 122 Å². The van der Waals surface area contributed by atoms with Gasteiger partial charge in [0.15, 0.2) is 0 Å². The highest BCUT2D eigenvalue weighted by molar-refractivity contribution is 7.27. The Morgan fingerprint density at radius 3 is 1.98 bits per heavy atom. The number of hydrogen-bond acceptors (Lipinski definition) is 2. The van der Waals surface area contributed by atoms with E-state index >= 15 is 0 Å². The van der Waals surface area contributed by atoms with Crippen LogP contribution in [0.1, 0.15) is 28.3 Å². The Labute approximate surface area is 275 Å². The maximum Gasteiger partial charge on any atom is 0.0726 e. The number of para-hydroxylation sites is 1. The van der Waals surface area contributed by atoms with Crippen molar-refractivity contribution in [2.75, 3.05) is 0 Å². The fourth-order valence-electron chi connectivity index (χ4n) is 8.01. The highest BCUT2D eigenvalue weighted by Crippen LogP contribution is 2.51. The molecule has 46 heavy (non-hydrogen) atoms. The van der Waals surface area contributed by atoms with E-state index in [1.54, 1.807) is 0 Å². The van der Waals surface area contributed by atoms with Crippen LogP contribution in [0.4, 0.5) is 0 Å². The van der Waals surface area contributed by atoms with Crippen LogP contribution in [0, 0.1) is 0 Å². The molecule has 3 heteroatoms. The highest BCUT2D eigenvalue weighted by atomic mass is 32.1. The third-order valence-electron chi connectivity index (χ3n) is 9.93. The van der Waals surface area contributed by atoms with Crippen LogP contribution in [0.5, 0.6) is 0 Å². The first kappa shape index (κ1) is 26.3. The second-order valence-electron chi connectivity index (χ2n) is 12.4. The van der Waals surface area contributed by atoms with E-state index in [1.807, 2.05) is 22.7 Å². The number of aromatic nitrogens is 1. The molecule has 9 aromatic rings. The molecule has 1 aliphatic carbocycles. The van der Waals surface area contributed by atoms with Crippen LogP contribution in [-0.2, 0) is 6.42 Å². The summed E-state index contributed by atoms with van der Waals surface area (Å²) in [5.74, 6) is 0.0646. The van der Waals surface area contributed by atoms with Crippen molar-refractivity contribution < 1.29 is 0 Å². The number of rotatable bonds is 2. The molecule has 3 heterocycles. The van der Waals surface area contributed by atoms with Gasteiger partial charge in [-0.3, -0.25) is 0 Å². The summed E-state index contributed by atoms with van der Waals surface area (Å²) in [5, 5.41) is 9.35. The van der Waals surface area contributed by atoms with Crippen molar-refractivity contribution >= 4 is 91.2 Å². The molecular weight excluding hydrogens is 595 g/mol. The topological polar surface area (TPSA) is 4.93 Å². The fraction of sp³-hybridized carbons (Fsp3) is 0.0698. The SMILES string of the molecule is C=C1/C(n2c3ccccc3c3c4ccccc4c4c5ccccc5sc4c32)=C\CCc2c(sc3ccccc23)C1c1ccccc1. The Balaban J connectivity index is 1.34. The zero-order valence-corrected chi connectivity index (χ0v) is 26.8. The second-order valence-corrected chi connectivity index (χ2v) is 14.5. The van der Waals surface area contributed by atoms with Crippen molar-refractivity contribution in [2.24, 2.45) is 0 Å². The predicted octanol–water partition coefficient (Wildman–Crippen LogP) is 12.7. The standard InChI is InChI=1S/C43H29NS2/c1-26-34(23-13-21-31-28-16-8-11-24-36(28)45-42(31)38(26)27-14-3-2-4-15-27)44-35-22-10-7-19-32(35)39-29-17-5-6-18-30(29)40-33-20-9-12-25-37(33)46-43(40)41(39)44/h2-12,14-20,22-25,38H,1,13,21H2/b34-23+. The maximum absolute atomic E-state index is 5.00. The molecule has 0 fully saturated rings. The molecule has 0 amide bonds. The number of benzene rings is 6. The molecule has 0 spiro atoms. The molecule has 10 rings (SSSR count). The van der Waals surface area contributed by atoms with E-state index in [1.165, 1.54) is 84.5 Å². The van der Waals surface area contributed by atoms with Gasteiger partial charge in [0.25, 0.3) is 0 Å². The number of hydrogen-bond donors (Lipinski definition) is 0. The van der Waals surface area contributed by atoms with Gasteiger partial charge in [0, 0.05) is 47.4 Å². The van der Waals surface area contributed by atoms with E-state index in [0.29, 0.717) is 0 Å². The second kappa shape index (κ2) is 10.0. The molecular formula is C43H29NS2. The smallest absolute Gasteiger partial charge is 0.0726 e. The van der Waals surface area contributed by atoms with Crippen molar-refractivity contribution in [3.63, 3.8) is 0 Å². The van der Waals surface area contributed by atoms with Crippen LogP contribution in [0.2, 0.25) is 0 Å². The zero-order valence-electron chi connectivity index (χ0n) is 25.2. The lowest BCUT2D eigenvalue weighted by Crippen LogP contribution is -2.12. The van der Waals surface area contributed by atoms with E-state index < -0.39 is 0 Å². The summed E-state index contributed by atoms with van der Waals surface area (Å²) in [4.78, 5) is 1.43. The minimum absolute atomic E-state index is 0.0646. The molecule has 1 unspecified atom stereocenters. The average Bonchev–Trinajstić information content (AvgIpc) is 3.77. The van der Waals surface area contributed by atoms with Crippen LogP contribution < -0.4 is 0 Å². The molecule has 0 aliphatic heterocycles. The average molecular weight is 624 g/mol. The summed E-state index contributed by atoms with van der Waals surface area (Å²) in [6.07, 6.45) is 4.45. The first-order valence-corrected chi connectivity index (χ1v) is 17.6. The van der Waals surface area contributed by atoms with Gasteiger partial charge in [-0.05, 0) is 63.9 Å². The van der Waals surface area contributed by atoms with E-state index in [-0.39, 0.29) is 5.92 Å². The van der Waals surface area contributed by atoms with E-state index in [4.69, 9.17) is 6.58 Å². The largest absolute Gasteiger partial charge is 0.308 e. The number of nitrogens with zero attached hydrogens (tertiary/aromatic N) is 1. The van der Waals surface area contributed by atoms with E-state index in [9.17, 15) is 0 Å². The summed E-state index contributed by atoms with van der Waals surface area (Å²) >= 11 is 3.87. The normalized spacial score (nSPS) is 16.7. The zero-order chi connectivity index (χ0) is 30.4. The third kappa shape index (κ3) is 3.61. The van der Waals surface area contributed by atoms with Gasteiger partial charge in [-0.15, -0.1) is 22.7 Å². The Hall–Kier alpha value is -4.96. The van der Waals surface area contributed by atoms with Gasteiger partial charge < -0.3 is 4.57 Å². The third-order valence-corrected chi connectivity index (χ3v) is 12.4. The van der Waals surface area contributed by atoms with Gasteiger partial charge in [0.1, 0.15) is 0 Å². The van der Waals surface area contributed by atoms with E-state index in [2.05, 4.69) is 138 Å². The Kier molecular flexibility index (Phi) is 5.72. The molecule has 0 bridgehead atoms. The molecule has 3 aromatic heterocycles. The predicted molar refractivity (Wildman–Crippen MR) is 202 cm³/mol. The molecule has 0 saturated heterocycles. The monoisotopic (exact) mass is 623 g/mol. The number of fused-ring (bicyclic) bond motifs is 13. The molecule has 218 valence electrons. The number of aryl methyl sites for hydroxylation is 1. The summed E-state index contributed by atoms with van der Waals surface area (Å²) in [6, 6.07) is 46.9. The fourth-order valence-corrected chi connectivity index (χ4v) is 10.7. The van der Waals surface area contributed by atoms with Crippen LogP contribution in [0.3, 0.4) is 0 Å². The van der Waals surface area contributed by atoms with Crippen LogP contribution in [0.15, 0.2) is 146 Å². The molecule has 1 nitrogen and oxygen atoms in total. The van der Waals surface area contributed by atoms with Crippen molar-refractivity contribution in [1.29, 1.82) is 0 Å².